The highest BCUT2D eigenvalue weighted by atomic mass is 15.4. The monoisotopic (exact) mass is 251 g/mol. The van der Waals surface area contributed by atoms with Crippen molar-refractivity contribution in [3.63, 3.8) is 0 Å². The smallest absolute Gasteiger partial charge is 0.181 e. The Labute approximate surface area is 110 Å². The molecule has 3 aromatic rings. The zero-order chi connectivity index (χ0) is 13.1. The highest BCUT2D eigenvalue weighted by molar-refractivity contribution is 5.69. The van der Waals surface area contributed by atoms with Gasteiger partial charge in [-0.05, 0) is 11.1 Å². The molecule has 0 fully saturated rings. The first-order valence-corrected chi connectivity index (χ1v) is 5.96. The van der Waals surface area contributed by atoms with E-state index in [1.165, 1.54) is 11.9 Å². The van der Waals surface area contributed by atoms with E-state index in [0.29, 0.717) is 6.54 Å². The molecule has 0 aliphatic carbocycles. The van der Waals surface area contributed by atoms with E-state index in [4.69, 9.17) is 0 Å². The zero-order valence-corrected chi connectivity index (χ0v) is 10.3. The maximum Gasteiger partial charge on any atom is 0.181 e. The van der Waals surface area contributed by atoms with E-state index in [2.05, 4.69) is 33.0 Å². The van der Waals surface area contributed by atoms with Crippen LogP contribution in [0, 0.1) is 0 Å². The number of hydrogen-bond donors (Lipinski definition) is 1. The van der Waals surface area contributed by atoms with Crippen LogP contribution in [0.3, 0.4) is 0 Å². The highest BCUT2D eigenvalue weighted by Crippen LogP contribution is 2.11. The fourth-order valence-corrected chi connectivity index (χ4v) is 1.95. The minimum Gasteiger partial charge on any atom is -0.319 e. The molecule has 0 atom stereocenters. The van der Waals surface area contributed by atoms with Crippen molar-refractivity contribution in [3.05, 3.63) is 60.8 Å². The van der Waals surface area contributed by atoms with Crippen molar-refractivity contribution in [1.82, 2.24) is 19.6 Å². The number of benzene rings is 1. The number of nitrogens with one attached hydrogen (secondary N) is 1. The van der Waals surface area contributed by atoms with Gasteiger partial charge >= 0.3 is 0 Å². The second-order valence-electron chi connectivity index (χ2n) is 4.08. The van der Waals surface area contributed by atoms with E-state index < -0.39 is 0 Å². The molecule has 0 bridgehead atoms. The molecule has 2 aromatic heterocycles. The Hall–Kier alpha value is -2.69. The van der Waals surface area contributed by atoms with Gasteiger partial charge in [-0.1, -0.05) is 36.9 Å². The summed E-state index contributed by atoms with van der Waals surface area (Å²) in [5, 5.41) is 0. The lowest BCUT2D eigenvalue weighted by Crippen LogP contribution is -2.14. The van der Waals surface area contributed by atoms with Gasteiger partial charge in [0.15, 0.2) is 5.65 Å². The van der Waals surface area contributed by atoms with E-state index in [1.54, 1.807) is 17.2 Å². The van der Waals surface area contributed by atoms with E-state index >= 15 is 0 Å². The molecule has 1 aromatic carbocycles. The highest BCUT2D eigenvalue weighted by Gasteiger charge is 2.03. The predicted octanol–water partition coefficient (Wildman–Crippen LogP) is 2.21. The summed E-state index contributed by atoms with van der Waals surface area (Å²) in [6, 6.07) is 8.12. The quantitative estimate of drug-likeness (QED) is 0.772. The van der Waals surface area contributed by atoms with Gasteiger partial charge in [-0.3, -0.25) is 0 Å². The molecule has 2 heterocycles. The fourth-order valence-electron chi connectivity index (χ4n) is 1.95. The Morgan fingerprint density at radius 3 is 3.05 bits per heavy atom. The van der Waals surface area contributed by atoms with Crippen LogP contribution in [0.2, 0.25) is 0 Å². The van der Waals surface area contributed by atoms with Crippen LogP contribution < -0.4 is 5.43 Å². The van der Waals surface area contributed by atoms with Crippen molar-refractivity contribution in [1.29, 1.82) is 0 Å². The largest absolute Gasteiger partial charge is 0.319 e. The second kappa shape index (κ2) is 4.89. The Morgan fingerprint density at radius 2 is 2.16 bits per heavy atom. The molecule has 19 heavy (non-hydrogen) atoms. The van der Waals surface area contributed by atoms with Gasteiger partial charge in [-0.15, -0.1) is 0 Å². The number of nitrogens with zero attached hydrogens (tertiary/aromatic N) is 4. The number of imidazole rings is 1. The lowest BCUT2D eigenvalue weighted by atomic mass is 10.1. The Kier molecular flexibility index (Phi) is 2.94. The molecule has 94 valence electrons. The molecule has 3 rings (SSSR count). The summed E-state index contributed by atoms with van der Waals surface area (Å²) in [6.07, 6.45) is 6.76. The van der Waals surface area contributed by atoms with Crippen LogP contribution in [-0.2, 0) is 6.54 Å². The summed E-state index contributed by atoms with van der Waals surface area (Å²) in [5.74, 6) is 0. The van der Waals surface area contributed by atoms with E-state index in [9.17, 15) is 0 Å². The third-order valence-corrected chi connectivity index (χ3v) is 2.93. The molecule has 0 aliphatic rings. The fraction of sp³-hybridized carbons (Fsp3) is 0.0714. The molecule has 0 radical (unpaired) electrons. The standard InChI is InChI=1S/C14H13N5/c1-2-11-5-3-4-6-12(11)7-18-19-10-17-13-8-15-9-16-14(13)19/h2-6,8-10,18H,1,7H2. The minimum absolute atomic E-state index is 0.678. The Morgan fingerprint density at radius 1 is 1.26 bits per heavy atom. The average Bonchev–Trinajstić information content (AvgIpc) is 2.89. The first-order chi connectivity index (χ1) is 9.38. The van der Waals surface area contributed by atoms with Crippen LogP contribution in [0.4, 0.5) is 0 Å². The van der Waals surface area contributed by atoms with E-state index in [-0.39, 0.29) is 0 Å². The summed E-state index contributed by atoms with van der Waals surface area (Å²) in [7, 11) is 0. The van der Waals surface area contributed by atoms with E-state index in [1.807, 2.05) is 24.3 Å². The minimum atomic E-state index is 0.678. The summed E-state index contributed by atoms with van der Waals surface area (Å²) in [6.45, 7) is 4.50. The van der Waals surface area contributed by atoms with Crippen molar-refractivity contribution < 1.29 is 0 Å². The first kappa shape index (κ1) is 11.4. The molecule has 0 aliphatic heterocycles. The van der Waals surface area contributed by atoms with Gasteiger partial charge < -0.3 is 5.43 Å². The third kappa shape index (κ3) is 2.18. The molecular weight excluding hydrogens is 238 g/mol. The molecule has 0 spiro atoms. The topological polar surface area (TPSA) is 55.6 Å². The van der Waals surface area contributed by atoms with Crippen LogP contribution in [-0.4, -0.2) is 19.6 Å². The molecule has 0 unspecified atom stereocenters. The van der Waals surface area contributed by atoms with Gasteiger partial charge in [0.2, 0.25) is 0 Å². The van der Waals surface area contributed by atoms with Gasteiger partial charge in [-0.2, -0.15) is 0 Å². The number of fused-ring (bicyclic) bond motifs is 1. The first-order valence-electron chi connectivity index (χ1n) is 5.96. The van der Waals surface area contributed by atoms with Crippen molar-refractivity contribution in [2.45, 2.75) is 6.54 Å². The molecule has 0 saturated heterocycles. The summed E-state index contributed by atoms with van der Waals surface area (Å²) in [4.78, 5) is 12.4. The van der Waals surface area contributed by atoms with Gasteiger partial charge in [0, 0.05) is 0 Å². The van der Waals surface area contributed by atoms with Crippen LogP contribution in [0.5, 0.6) is 0 Å². The van der Waals surface area contributed by atoms with E-state index in [0.717, 1.165) is 16.7 Å². The van der Waals surface area contributed by atoms with Crippen LogP contribution in [0.25, 0.3) is 17.2 Å². The SMILES string of the molecule is C=Cc1ccccc1CNn1cnc2cncnc21. The molecule has 5 heteroatoms. The third-order valence-electron chi connectivity index (χ3n) is 2.93. The Balaban J connectivity index is 1.84. The predicted molar refractivity (Wildman–Crippen MR) is 74.9 cm³/mol. The van der Waals surface area contributed by atoms with Crippen LogP contribution in [0.1, 0.15) is 11.1 Å². The van der Waals surface area contributed by atoms with Crippen molar-refractivity contribution in [2.75, 3.05) is 5.43 Å². The summed E-state index contributed by atoms with van der Waals surface area (Å²) < 4.78 is 1.80. The van der Waals surface area contributed by atoms with Crippen LogP contribution in [0.15, 0.2) is 49.7 Å². The molecule has 1 N–H and O–H groups in total. The molecular formula is C14H13N5. The average molecular weight is 251 g/mol. The van der Waals surface area contributed by atoms with Crippen LogP contribution >= 0.6 is 0 Å². The van der Waals surface area contributed by atoms with Crippen molar-refractivity contribution in [3.8, 4) is 0 Å². The van der Waals surface area contributed by atoms with Gasteiger partial charge in [0.25, 0.3) is 0 Å². The van der Waals surface area contributed by atoms with Gasteiger partial charge in [-0.25, -0.2) is 19.6 Å². The summed E-state index contributed by atoms with van der Waals surface area (Å²) in [5.41, 5.74) is 7.11. The van der Waals surface area contributed by atoms with Crippen molar-refractivity contribution >= 4 is 17.2 Å². The number of rotatable bonds is 4. The lowest BCUT2D eigenvalue weighted by Gasteiger charge is -2.09. The van der Waals surface area contributed by atoms with Gasteiger partial charge in [0.05, 0.1) is 12.7 Å². The number of aromatic nitrogens is 4. The zero-order valence-electron chi connectivity index (χ0n) is 10.3. The maximum absolute atomic E-state index is 4.23. The molecule has 0 saturated carbocycles. The summed E-state index contributed by atoms with van der Waals surface area (Å²) >= 11 is 0. The number of hydrogen-bond acceptors (Lipinski definition) is 4. The normalized spacial score (nSPS) is 10.5. The second-order valence-corrected chi connectivity index (χ2v) is 4.08. The molecule has 0 amide bonds. The van der Waals surface area contributed by atoms with Crippen molar-refractivity contribution in [2.24, 2.45) is 0 Å². The maximum atomic E-state index is 4.23. The molecule has 5 nitrogen and oxygen atoms in total. The lowest BCUT2D eigenvalue weighted by molar-refractivity contribution is 0.850. The van der Waals surface area contributed by atoms with Gasteiger partial charge in [0.1, 0.15) is 18.2 Å². The Bertz CT molecular complexity index is 716.